The van der Waals surface area contributed by atoms with Gasteiger partial charge in [-0.25, -0.2) is 0 Å². The lowest BCUT2D eigenvalue weighted by Gasteiger charge is -2.31. The second kappa shape index (κ2) is 5.16. The zero-order valence-corrected chi connectivity index (χ0v) is 8.30. The van der Waals surface area contributed by atoms with E-state index in [-0.39, 0.29) is 12.3 Å². The molecule has 2 heteroatoms. The van der Waals surface area contributed by atoms with Crippen LogP contribution in [0.15, 0.2) is 0 Å². The van der Waals surface area contributed by atoms with Gasteiger partial charge in [0.25, 0.3) is 0 Å². The first-order valence-electron chi connectivity index (χ1n) is 4.70. The number of nitrogens with zero attached hydrogens (tertiary/aromatic N) is 1. The average Bonchev–Trinajstić information content (AvgIpc) is 2.04. The van der Waals surface area contributed by atoms with Crippen LogP contribution in [-0.4, -0.2) is 10.7 Å². The first kappa shape index (κ1) is 11.4. The van der Waals surface area contributed by atoms with Crippen LogP contribution < -0.4 is 0 Å². The maximum absolute atomic E-state index is 10.1. The number of nitriles is 1. The molecule has 0 aliphatic heterocycles. The highest BCUT2D eigenvalue weighted by Gasteiger charge is 2.31. The summed E-state index contributed by atoms with van der Waals surface area (Å²) in [7, 11) is 0. The normalized spacial score (nSPS) is 17.9. The zero-order chi connectivity index (χ0) is 9.61. The molecule has 0 fully saturated rings. The van der Waals surface area contributed by atoms with Crippen molar-refractivity contribution in [3.05, 3.63) is 0 Å². The van der Waals surface area contributed by atoms with Gasteiger partial charge in [-0.3, -0.25) is 0 Å². The summed E-state index contributed by atoms with van der Waals surface area (Å²) < 4.78 is 0. The van der Waals surface area contributed by atoms with Crippen molar-refractivity contribution in [2.45, 2.75) is 52.1 Å². The highest BCUT2D eigenvalue weighted by molar-refractivity contribution is 4.91. The lowest BCUT2D eigenvalue weighted by Crippen LogP contribution is -2.35. The second-order valence-electron chi connectivity index (χ2n) is 3.50. The predicted octanol–water partition coefficient (Wildman–Crippen LogP) is 2.48. The average molecular weight is 169 g/mol. The maximum Gasteiger partial charge on any atom is 0.0802 e. The van der Waals surface area contributed by atoms with Gasteiger partial charge < -0.3 is 5.11 Å². The molecule has 0 saturated carbocycles. The van der Waals surface area contributed by atoms with Gasteiger partial charge in [0.1, 0.15) is 0 Å². The Bertz CT molecular complexity index is 162. The summed E-state index contributed by atoms with van der Waals surface area (Å²) in [6, 6.07) is 2.06. The standard InChI is InChI=1S/C10H19NO/c1-4-6-10(12,7-8-11)9(3)5-2/h9,12H,4-7H2,1-3H3. The fourth-order valence-electron chi connectivity index (χ4n) is 1.46. The van der Waals surface area contributed by atoms with Gasteiger partial charge in [-0.1, -0.05) is 33.6 Å². The third-order valence-corrected chi connectivity index (χ3v) is 2.60. The molecule has 0 bridgehead atoms. The Morgan fingerprint density at radius 3 is 2.42 bits per heavy atom. The van der Waals surface area contributed by atoms with Crippen molar-refractivity contribution < 1.29 is 5.11 Å². The molecule has 2 unspecified atom stereocenters. The van der Waals surface area contributed by atoms with Crippen molar-refractivity contribution in [3.63, 3.8) is 0 Å². The predicted molar refractivity (Wildman–Crippen MR) is 49.5 cm³/mol. The molecule has 0 aromatic heterocycles. The summed E-state index contributed by atoms with van der Waals surface area (Å²) in [6.07, 6.45) is 2.85. The van der Waals surface area contributed by atoms with Crippen LogP contribution >= 0.6 is 0 Å². The van der Waals surface area contributed by atoms with E-state index in [1.54, 1.807) is 0 Å². The molecule has 0 aliphatic rings. The number of hydrogen-bond donors (Lipinski definition) is 1. The smallest absolute Gasteiger partial charge is 0.0802 e. The summed E-state index contributed by atoms with van der Waals surface area (Å²) in [5.41, 5.74) is -0.752. The minimum Gasteiger partial charge on any atom is -0.389 e. The van der Waals surface area contributed by atoms with Gasteiger partial charge in [-0.2, -0.15) is 5.26 Å². The van der Waals surface area contributed by atoms with Gasteiger partial charge in [-0.05, 0) is 12.3 Å². The summed E-state index contributed by atoms with van der Waals surface area (Å²) in [5, 5.41) is 18.6. The van der Waals surface area contributed by atoms with Gasteiger partial charge in [0.05, 0.1) is 18.1 Å². The highest BCUT2D eigenvalue weighted by Crippen LogP contribution is 2.28. The van der Waals surface area contributed by atoms with Gasteiger partial charge in [0.2, 0.25) is 0 Å². The fourth-order valence-corrected chi connectivity index (χ4v) is 1.46. The van der Waals surface area contributed by atoms with E-state index < -0.39 is 5.60 Å². The van der Waals surface area contributed by atoms with E-state index in [1.165, 1.54) is 0 Å². The molecule has 0 aliphatic carbocycles. The van der Waals surface area contributed by atoms with Gasteiger partial charge >= 0.3 is 0 Å². The molecular weight excluding hydrogens is 150 g/mol. The van der Waals surface area contributed by atoms with E-state index in [0.29, 0.717) is 0 Å². The van der Waals surface area contributed by atoms with E-state index in [4.69, 9.17) is 5.26 Å². The number of aliphatic hydroxyl groups is 1. The molecular formula is C10H19NO. The third kappa shape index (κ3) is 2.83. The molecule has 12 heavy (non-hydrogen) atoms. The summed E-state index contributed by atoms with van der Waals surface area (Å²) in [5.74, 6) is 0.220. The minimum absolute atomic E-state index is 0.220. The van der Waals surface area contributed by atoms with Crippen molar-refractivity contribution in [1.82, 2.24) is 0 Å². The van der Waals surface area contributed by atoms with E-state index in [2.05, 4.69) is 6.07 Å². The van der Waals surface area contributed by atoms with Crippen molar-refractivity contribution in [2.24, 2.45) is 5.92 Å². The molecule has 0 amide bonds. The maximum atomic E-state index is 10.1. The second-order valence-corrected chi connectivity index (χ2v) is 3.50. The van der Waals surface area contributed by atoms with Crippen LogP contribution in [0.5, 0.6) is 0 Å². The molecule has 0 heterocycles. The fraction of sp³-hybridized carbons (Fsp3) is 0.900. The van der Waals surface area contributed by atoms with Crippen molar-refractivity contribution in [2.75, 3.05) is 0 Å². The molecule has 0 saturated heterocycles. The Balaban J connectivity index is 4.28. The van der Waals surface area contributed by atoms with E-state index >= 15 is 0 Å². The first-order valence-corrected chi connectivity index (χ1v) is 4.70. The molecule has 2 nitrogen and oxygen atoms in total. The third-order valence-electron chi connectivity index (χ3n) is 2.60. The van der Waals surface area contributed by atoms with Crippen LogP contribution in [0.3, 0.4) is 0 Å². The molecule has 0 aromatic rings. The van der Waals surface area contributed by atoms with Crippen LogP contribution in [-0.2, 0) is 0 Å². The molecule has 70 valence electrons. The van der Waals surface area contributed by atoms with Crippen LogP contribution in [0.4, 0.5) is 0 Å². The quantitative estimate of drug-likeness (QED) is 0.687. The summed E-state index contributed by atoms with van der Waals surface area (Å²) in [6.45, 7) is 6.08. The zero-order valence-electron chi connectivity index (χ0n) is 8.30. The van der Waals surface area contributed by atoms with Crippen LogP contribution in [0, 0.1) is 17.2 Å². The Labute approximate surface area is 75.2 Å². The van der Waals surface area contributed by atoms with E-state index in [0.717, 1.165) is 19.3 Å². The summed E-state index contributed by atoms with van der Waals surface area (Å²) >= 11 is 0. The van der Waals surface area contributed by atoms with E-state index in [1.807, 2.05) is 20.8 Å². The Kier molecular flexibility index (Phi) is 4.92. The van der Waals surface area contributed by atoms with Gasteiger partial charge in [0, 0.05) is 0 Å². The van der Waals surface area contributed by atoms with Crippen LogP contribution in [0.2, 0.25) is 0 Å². The topological polar surface area (TPSA) is 44.0 Å². The minimum atomic E-state index is -0.752. The SMILES string of the molecule is CCCC(O)(CC#N)C(C)CC. The number of hydrogen-bond acceptors (Lipinski definition) is 2. The van der Waals surface area contributed by atoms with Gasteiger partial charge in [0.15, 0.2) is 0 Å². The molecule has 0 spiro atoms. The molecule has 2 atom stereocenters. The van der Waals surface area contributed by atoms with Crippen LogP contribution in [0.25, 0.3) is 0 Å². The molecule has 0 radical (unpaired) electrons. The van der Waals surface area contributed by atoms with Crippen molar-refractivity contribution in [1.29, 1.82) is 5.26 Å². The van der Waals surface area contributed by atoms with Crippen molar-refractivity contribution in [3.8, 4) is 6.07 Å². The van der Waals surface area contributed by atoms with E-state index in [9.17, 15) is 5.11 Å². The lowest BCUT2D eigenvalue weighted by molar-refractivity contribution is -0.0174. The van der Waals surface area contributed by atoms with Gasteiger partial charge in [-0.15, -0.1) is 0 Å². The summed E-state index contributed by atoms with van der Waals surface area (Å²) in [4.78, 5) is 0. The van der Waals surface area contributed by atoms with Crippen LogP contribution in [0.1, 0.15) is 46.5 Å². The van der Waals surface area contributed by atoms with Crippen molar-refractivity contribution >= 4 is 0 Å². The highest BCUT2D eigenvalue weighted by atomic mass is 16.3. The Morgan fingerprint density at radius 2 is 2.08 bits per heavy atom. The number of rotatable bonds is 5. The molecule has 0 rings (SSSR count). The molecule has 0 aromatic carbocycles. The molecule has 1 N–H and O–H groups in total. The lowest BCUT2D eigenvalue weighted by atomic mass is 9.81. The monoisotopic (exact) mass is 169 g/mol. The largest absolute Gasteiger partial charge is 0.389 e. The first-order chi connectivity index (χ1) is 5.60. The Morgan fingerprint density at radius 1 is 1.50 bits per heavy atom. The Hall–Kier alpha value is -0.550.